The molecule has 0 aromatic heterocycles. The fourth-order valence-electron chi connectivity index (χ4n) is 3.29. The molecule has 94 valence electrons. The number of rotatable bonds is 4. The summed E-state index contributed by atoms with van der Waals surface area (Å²) in [7, 11) is 0. The van der Waals surface area contributed by atoms with E-state index in [2.05, 4.69) is 24.1 Å². The molecule has 0 aliphatic carbocycles. The Bertz CT molecular complexity index is 197. The Balaban J connectivity index is 1.68. The molecule has 0 amide bonds. The number of piperidine rings is 1. The van der Waals surface area contributed by atoms with Crippen LogP contribution in [0.25, 0.3) is 0 Å². The van der Waals surface area contributed by atoms with Crippen LogP contribution in [0.1, 0.15) is 46.0 Å². The van der Waals surface area contributed by atoms with Gasteiger partial charge in [-0.15, -0.1) is 0 Å². The first-order chi connectivity index (χ1) is 7.79. The highest BCUT2D eigenvalue weighted by atomic mass is 15.2. The second-order valence-corrected chi connectivity index (χ2v) is 5.86. The molecule has 0 saturated carbocycles. The van der Waals surface area contributed by atoms with Gasteiger partial charge in [0.15, 0.2) is 0 Å². The van der Waals surface area contributed by atoms with Gasteiger partial charge >= 0.3 is 0 Å². The van der Waals surface area contributed by atoms with E-state index in [1.54, 1.807) is 0 Å². The minimum Gasteiger partial charge on any atom is -0.312 e. The summed E-state index contributed by atoms with van der Waals surface area (Å²) in [5.74, 6) is 1.91. The lowest BCUT2D eigenvalue weighted by Gasteiger charge is -2.34. The molecule has 2 heteroatoms. The summed E-state index contributed by atoms with van der Waals surface area (Å²) in [5.41, 5.74) is 0. The van der Waals surface area contributed by atoms with Crippen LogP contribution in [0.15, 0.2) is 0 Å². The van der Waals surface area contributed by atoms with E-state index in [-0.39, 0.29) is 0 Å². The van der Waals surface area contributed by atoms with Crippen LogP contribution in [0, 0.1) is 11.8 Å². The molecule has 2 aliphatic heterocycles. The highest BCUT2D eigenvalue weighted by molar-refractivity contribution is 4.85. The van der Waals surface area contributed by atoms with E-state index < -0.39 is 0 Å². The topological polar surface area (TPSA) is 15.3 Å². The maximum atomic E-state index is 3.65. The predicted molar refractivity (Wildman–Crippen MR) is 69.6 cm³/mol. The fraction of sp³-hybridized carbons (Fsp3) is 1.00. The van der Waals surface area contributed by atoms with Gasteiger partial charge in [-0.1, -0.05) is 26.7 Å². The Morgan fingerprint density at radius 2 is 1.94 bits per heavy atom. The molecule has 1 N–H and O–H groups in total. The predicted octanol–water partition coefficient (Wildman–Crippen LogP) is 2.50. The molecule has 2 nitrogen and oxygen atoms in total. The third kappa shape index (κ3) is 3.21. The first-order valence-corrected chi connectivity index (χ1v) is 7.25. The summed E-state index contributed by atoms with van der Waals surface area (Å²) < 4.78 is 0. The van der Waals surface area contributed by atoms with Gasteiger partial charge in [0.1, 0.15) is 0 Å². The number of hydrogen-bond donors (Lipinski definition) is 1. The van der Waals surface area contributed by atoms with Crippen molar-refractivity contribution in [3.05, 3.63) is 0 Å². The molecular formula is C14H28N2. The lowest BCUT2D eigenvalue weighted by atomic mass is 9.92. The summed E-state index contributed by atoms with van der Waals surface area (Å²) in [6.07, 6.45) is 7.07. The van der Waals surface area contributed by atoms with E-state index >= 15 is 0 Å². The van der Waals surface area contributed by atoms with Gasteiger partial charge in [-0.3, -0.25) is 0 Å². The van der Waals surface area contributed by atoms with Gasteiger partial charge in [-0.2, -0.15) is 0 Å². The zero-order chi connectivity index (χ0) is 11.4. The lowest BCUT2D eigenvalue weighted by molar-refractivity contribution is 0.159. The fourth-order valence-corrected chi connectivity index (χ4v) is 3.29. The van der Waals surface area contributed by atoms with Crippen molar-refractivity contribution in [2.24, 2.45) is 11.8 Å². The smallest absolute Gasteiger partial charge is 0.0221 e. The number of hydrogen-bond acceptors (Lipinski definition) is 2. The molecule has 2 atom stereocenters. The first kappa shape index (κ1) is 12.4. The van der Waals surface area contributed by atoms with Crippen molar-refractivity contribution < 1.29 is 0 Å². The van der Waals surface area contributed by atoms with Gasteiger partial charge in [0.25, 0.3) is 0 Å². The molecule has 2 saturated heterocycles. The average Bonchev–Trinajstić information content (AvgIpc) is 2.68. The molecule has 0 aromatic rings. The Morgan fingerprint density at radius 3 is 2.50 bits per heavy atom. The quantitative estimate of drug-likeness (QED) is 0.789. The molecular weight excluding hydrogens is 196 g/mol. The van der Waals surface area contributed by atoms with Crippen molar-refractivity contribution >= 4 is 0 Å². The van der Waals surface area contributed by atoms with E-state index in [9.17, 15) is 0 Å². The van der Waals surface area contributed by atoms with E-state index in [4.69, 9.17) is 0 Å². The number of nitrogens with one attached hydrogen (secondary N) is 1. The van der Waals surface area contributed by atoms with Crippen LogP contribution in [0.5, 0.6) is 0 Å². The molecule has 0 aromatic carbocycles. The van der Waals surface area contributed by atoms with Crippen LogP contribution in [0.4, 0.5) is 0 Å². The second kappa shape index (κ2) is 6.02. The van der Waals surface area contributed by atoms with Gasteiger partial charge in [0.2, 0.25) is 0 Å². The molecule has 2 heterocycles. The van der Waals surface area contributed by atoms with Crippen molar-refractivity contribution in [2.45, 2.75) is 52.0 Å². The molecule has 2 aliphatic rings. The van der Waals surface area contributed by atoms with Crippen LogP contribution in [0.3, 0.4) is 0 Å². The van der Waals surface area contributed by atoms with E-state index in [0.29, 0.717) is 0 Å². The van der Waals surface area contributed by atoms with Crippen molar-refractivity contribution in [1.82, 2.24) is 10.2 Å². The number of likely N-dealkylation sites (tertiary alicyclic amines) is 1. The van der Waals surface area contributed by atoms with Crippen LogP contribution >= 0.6 is 0 Å². The van der Waals surface area contributed by atoms with Crippen LogP contribution in [0.2, 0.25) is 0 Å². The van der Waals surface area contributed by atoms with Gasteiger partial charge in [-0.25, -0.2) is 0 Å². The minimum atomic E-state index is 0.766. The van der Waals surface area contributed by atoms with Gasteiger partial charge in [0, 0.05) is 12.6 Å². The molecule has 2 fully saturated rings. The van der Waals surface area contributed by atoms with E-state index in [1.807, 2.05) is 0 Å². The SMILES string of the molecule is CCCC1CCN(CC2NCCC2C)CC1. The second-order valence-electron chi connectivity index (χ2n) is 5.86. The van der Waals surface area contributed by atoms with Crippen LogP contribution in [-0.4, -0.2) is 37.1 Å². The van der Waals surface area contributed by atoms with Crippen LogP contribution < -0.4 is 5.32 Å². The molecule has 2 unspecified atom stereocenters. The standard InChI is InChI=1S/C14H28N2/c1-3-4-13-6-9-16(10-7-13)11-14-12(2)5-8-15-14/h12-15H,3-11H2,1-2H3. The van der Waals surface area contributed by atoms with Crippen molar-refractivity contribution in [2.75, 3.05) is 26.2 Å². The summed E-state index contributed by atoms with van der Waals surface area (Å²) >= 11 is 0. The third-order valence-electron chi connectivity index (χ3n) is 4.55. The molecule has 0 spiro atoms. The molecule has 16 heavy (non-hydrogen) atoms. The average molecular weight is 224 g/mol. The summed E-state index contributed by atoms with van der Waals surface area (Å²) in [6, 6.07) is 0.766. The van der Waals surface area contributed by atoms with Crippen molar-refractivity contribution in [3.63, 3.8) is 0 Å². The maximum Gasteiger partial charge on any atom is 0.0221 e. The summed E-state index contributed by atoms with van der Waals surface area (Å²) in [5, 5.41) is 3.65. The van der Waals surface area contributed by atoms with Gasteiger partial charge in [0.05, 0.1) is 0 Å². The Morgan fingerprint density at radius 1 is 1.19 bits per heavy atom. The van der Waals surface area contributed by atoms with Gasteiger partial charge < -0.3 is 10.2 Å². The maximum absolute atomic E-state index is 3.65. The third-order valence-corrected chi connectivity index (χ3v) is 4.55. The number of nitrogens with zero attached hydrogens (tertiary/aromatic N) is 1. The highest BCUT2D eigenvalue weighted by Gasteiger charge is 2.26. The van der Waals surface area contributed by atoms with Gasteiger partial charge in [-0.05, 0) is 50.7 Å². The molecule has 2 rings (SSSR count). The Labute approximate surface area is 101 Å². The highest BCUT2D eigenvalue weighted by Crippen LogP contribution is 2.23. The normalized spacial score (nSPS) is 33.4. The first-order valence-electron chi connectivity index (χ1n) is 7.25. The Hall–Kier alpha value is -0.0800. The van der Waals surface area contributed by atoms with Crippen molar-refractivity contribution in [1.29, 1.82) is 0 Å². The lowest BCUT2D eigenvalue weighted by Crippen LogP contribution is -2.43. The largest absolute Gasteiger partial charge is 0.312 e. The van der Waals surface area contributed by atoms with E-state index in [0.717, 1.165) is 17.9 Å². The zero-order valence-corrected chi connectivity index (χ0v) is 11.0. The summed E-state index contributed by atoms with van der Waals surface area (Å²) in [4.78, 5) is 2.69. The van der Waals surface area contributed by atoms with Crippen molar-refractivity contribution in [3.8, 4) is 0 Å². The van der Waals surface area contributed by atoms with E-state index in [1.165, 1.54) is 58.3 Å². The Kier molecular flexibility index (Phi) is 4.66. The van der Waals surface area contributed by atoms with Crippen LogP contribution in [-0.2, 0) is 0 Å². The summed E-state index contributed by atoms with van der Waals surface area (Å²) in [6.45, 7) is 9.92. The molecule has 0 radical (unpaired) electrons. The minimum absolute atomic E-state index is 0.766. The zero-order valence-electron chi connectivity index (χ0n) is 11.0. The molecule has 0 bridgehead atoms. The monoisotopic (exact) mass is 224 g/mol.